The van der Waals surface area contributed by atoms with Crippen molar-refractivity contribution in [1.29, 1.82) is 0 Å². The van der Waals surface area contributed by atoms with Crippen LogP contribution in [0, 0.1) is 0 Å². The number of hydrogen-bond donors (Lipinski definition) is 4. The molecule has 4 N–H and O–H groups in total. The Morgan fingerprint density at radius 3 is 2.74 bits per heavy atom. The molecule has 0 spiro atoms. The van der Waals surface area contributed by atoms with Crippen molar-refractivity contribution in [3.63, 3.8) is 0 Å². The highest BCUT2D eigenvalue weighted by Crippen LogP contribution is 2.39. The summed E-state index contributed by atoms with van der Waals surface area (Å²) in [5.74, 6) is 0.411. The summed E-state index contributed by atoms with van der Waals surface area (Å²) in [5.41, 5.74) is 1.86. The van der Waals surface area contributed by atoms with Gasteiger partial charge in [0.2, 0.25) is 0 Å². The van der Waals surface area contributed by atoms with Crippen molar-refractivity contribution >= 4 is 45.2 Å². The largest absolute Gasteiger partial charge is 0.493 e. The third kappa shape index (κ3) is 5.30. The first-order chi connectivity index (χ1) is 14.8. The summed E-state index contributed by atoms with van der Waals surface area (Å²) in [5, 5.41) is 17.7. The number of rotatable bonds is 7. The second kappa shape index (κ2) is 10.0. The van der Waals surface area contributed by atoms with E-state index in [2.05, 4.69) is 31.9 Å². The smallest absolute Gasteiger partial charge is 0.319 e. The molecular formula is C21H21BrClN3O5. The normalized spacial score (nSPS) is 15.8. The molecule has 1 aliphatic heterocycles. The van der Waals surface area contributed by atoms with Gasteiger partial charge in [-0.25, -0.2) is 4.79 Å². The highest BCUT2D eigenvalue weighted by molar-refractivity contribution is 9.10. The molecule has 3 rings (SSSR count). The van der Waals surface area contributed by atoms with Gasteiger partial charge in [0.15, 0.2) is 11.5 Å². The van der Waals surface area contributed by atoms with Crippen molar-refractivity contribution in [3.8, 4) is 11.5 Å². The van der Waals surface area contributed by atoms with Crippen LogP contribution in [0.2, 0.25) is 5.02 Å². The van der Waals surface area contributed by atoms with E-state index in [1.807, 2.05) is 0 Å². The summed E-state index contributed by atoms with van der Waals surface area (Å²) in [7, 11) is 1.48. The summed E-state index contributed by atoms with van der Waals surface area (Å²) in [4.78, 5) is 25.3. The number of amides is 3. The number of aliphatic hydroxyl groups is 1. The van der Waals surface area contributed by atoms with Gasteiger partial charge in [0, 0.05) is 20.9 Å². The molecule has 1 unspecified atom stereocenters. The standard InChI is InChI=1S/C21H21BrClN3O5/c1-11-18(20(28)25-13-5-3-4-12(23)8-13)19(26-21(29)24-11)14-9-16(30-2)17(10-15(14)22)31-7-6-27/h3-5,8-10,19,27H,6-7H2,1-2H3,(H,25,28)(H2,24,26,29). The van der Waals surface area contributed by atoms with Gasteiger partial charge >= 0.3 is 6.03 Å². The molecule has 0 saturated heterocycles. The first-order valence-electron chi connectivity index (χ1n) is 9.30. The number of ether oxygens (including phenoxy) is 2. The Labute approximate surface area is 192 Å². The summed E-state index contributed by atoms with van der Waals surface area (Å²) in [6.07, 6.45) is 0. The van der Waals surface area contributed by atoms with Gasteiger partial charge in [0.1, 0.15) is 6.61 Å². The fourth-order valence-electron chi connectivity index (χ4n) is 3.19. The summed E-state index contributed by atoms with van der Waals surface area (Å²) in [6.45, 7) is 1.60. The zero-order valence-corrected chi connectivity index (χ0v) is 19.1. The van der Waals surface area contributed by atoms with Crippen LogP contribution in [-0.4, -0.2) is 37.4 Å². The van der Waals surface area contributed by atoms with E-state index in [4.69, 9.17) is 26.2 Å². The van der Waals surface area contributed by atoms with Gasteiger partial charge in [-0.05, 0) is 42.8 Å². The van der Waals surface area contributed by atoms with E-state index in [9.17, 15) is 9.59 Å². The predicted molar refractivity (Wildman–Crippen MR) is 120 cm³/mol. The lowest BCUT2D eigenvalue weighted by Gasteiger charge is -2.29. The molecule has 0 bridgehead atoms. The third-order valence-electron chi connectivity index (χ3n) is 4.54. The molecule has 1 aliphatic rings. The quantitative estimate of drug-likeness (QED) is 0.454. The van der Waals surface area contributed by atoms with E-state index in [1.54, 1.807) is 43.3 Å². The Bertz CT molecular complexity index is 1040. The van der Waals surface area contributed by atoms with E-state index >= 15 is 0 Å². The molecule has 0 aliphatic carbocycles. The lowest BCUT2D eigenvalue weighted by molar-refractivity contribution is -0.113. The van der Waals surface area contributed by atoms with Crippen LogP contribution in [0.15, 0.2) is 52.1 Å². The van der Waals surface area contributed by atoms with Crippen molar-refractivity contribution in [2.75, 3.05) is 25.6 Å². The Balaban J connectivity index is 2.00. The molecule has 0 fully saturated rings. The Morgan fingerprint density at radius 2 is 2.06 bits per heavy atom. The van der Waals surface area contributed by atoms with Crippen LogP contribution in [0.1, 0.15) is 18.5 Å². The van der Waals surface area contributed by atoms with Gasteiger partial charge in [0.05, 0.1) is 25.3 Å². The molecule has 1 atom stereocenters. The minimum Gasteiger partial charge on any atom is -0.493 e. The van der Waals surface area contributed by atoms with Crippen LogP contribution in [0.4, 0.5) is 10.5 Å². The van der Waals surface area contributed by atoms with Gasteiger partial charge < -0.3 is 30.5 Å². The first kappa shape index (κ1) is 22.9. The average molecular weight is 511 g/mol. The molecule has 31 heavy (non-hydrogen) atoms. The number of hydrogen-bond acceptors (Lipinski definition) is 5. The lowest BCUT2D eigenvalue weighted by atomic mass is 9.94. The predicted octanol–water partition coefficient (Wildman–Crippen LogP) is 3.75. The van der Waals surface area contributed by atoms with E-state index < -0.39 is 18.0 Å². The van der Waals surface area contributed by atoms with Gasteiger partial charge in [-0.2, -0.15) is 0 Å². The van der Waals surface area contributed by atoms with Crippen molar-refractivity contribution in [3.05, 3.63) is 62.7 Å². The van der Waals surface area contributed by atoms with Gasteiger partial charge in [0.25, 0.3) is 5.91 Å². The molecule has 8 nitrogen and oxygen atoms in total. The second-order valence-electron chi connectivity index (χ2n) is 6.63. The van der Waals surface area contributed by atoms with Crippen LogP contribution >= 0.6 is 27.5 Å². The number of aliphatic hydroxyl groups excluding tert-OH is 1. The van der Waals surface area contributed by atoms with Crippen LogP contribution in [0.3, 0.4) is 0 Å². The molecule has 2 aromatic carbocycles. The molecule has 0 radical (unpaired) electrons. The van der Waals surface area contributed by atoms with Crippen molar-refractivity contribution < 1.29 is 24.2 Å². The number of methoxy groups -OCH3 is 1. The number of carbonyl (C=O) groups excluding carboxylic acids is 2. The highest BCUT2D eigenvalue weighted by Gasteiger charge is 2.33. The number of urea groups is 1. The molecular weight excluding hydrogens is 490 g/mol. The van der Waals surface area contributed by atoms with E-state index in [0.717, 1.165) is 0 Å². The van der Waals surface area contributed by atoms with Gasteiger partial charge in [-0.1, -0.05) is 33.6 Å². The Morgan fingerprint density at radius 1 is 1.29 bits per heavy atom. The maximum Gasteiger partial charge on any atom is 0.319 e. The zero-order valence-electron chi connectivity index (χ0n) is 16.8. The van der Waals surface area contributed by atoms with Crippen LogP contribution in [0.5, 0.6) is 11.5 Å². The summed E-state index contributed by atoms with van der Waals surface area (Å²) in [6, 6.07) is 8.92. The Kier molecular flexibility index (Phi) is 7.42. The van der Waals surface area contributed by atoms with E-state index in [1.165, 1.54) is 7.11 Å². The number of halogens is 2. The van der Waals surface area contributed by atoms with Crippen molar-refractivity contribution in [2.24, 2.45) is 0 Å². The third-order valence-corrected chi connectivity index (χ3v) is 5.46. The van der Waals surface area contributed by atoms with Crippen LogP contribution in [0.25, 0.3) is 0 Å². The second-order valence-corrected chi connectivity index (χ2v) is 7.92. The number of benzene rings is 2. The molecule has 164 valence electrons. The number of carbonyl (C=O) groups is 2. The minimum atomic E-state index is -0.761. The van der Waals surface area contributed by atoms with E-state index in [0.29, 0.717) is 43.5 Å². The SMILES string of the molecule is COc1cc(C2NC(=O)NC(C)=C2C(=O)Nc2cccc(Cl)c2)c(Br)cc1OCCO. The zero-order chi connectivity index (χ0) is 22.5. The number of allylic oxidation sites excluding steroid dienone is 1. The lowest BCUT2D eigenvalue weighted by Crippen LogP contribution is -2.46. The maximum absolute atomic E-state index is 13.2. The fourth-order valence-corrected chi connectivity index (χ4v) is 3.93. The summed E-state index contributed by atoms with van der Waals surface area (Å²) < 4.78 is 11.5. The highest BCUT2D eigenvalue weighted by atomic mass is 79.9. The number of anilines is 1. The molecule has 10 heteroatoms. The average Bonchev–Trinajstić information content (AvgIpc) is 2.71. The monoisotopic (exact) mass is 509 g/mol. The van der Waals surface area contributed by atoms with Crippen molar-refractivity contribution in [1.82, 2.24) is 10.6 Å². The van der Waals surface area contributed by atoms with Crippen LogP contribution < -0.4 is 25.4 Å². The van der Waals surface area contributed by atoms with Gasteiger partial charge in [-0.15, -0.1) is 0 Å². The van der Waals surface area contributed by atoms with E-state index in [-0.39, 0.29) is 13.2 Å². The molecule has 0 aromatic heterocycles. The van der Waals surface area contributed by atoms with Gasteiger partial charge in [-0.3, -0.25) is 4.79 Å². The molecule has 1 heterocycles. The minimum absolute atomic E-state index is 0.0958. The maximum atomic E-state index is 13.2. The topological polar surface area (TPSA) is 109 Å². The fraction of sp³-hybridized carbons (Fsp3) is 0.238. The molecule has 3 amide bonds. The first-order valence-corrected chi connectivity index (χ1v) is 10.5. The Hall–Kier alpha value is -2.75. The molecule has 0 saturated carbocycles. The van der Waals surface area contributed by atoms with Crippen LogP contribution in [-0.2, 0) is 4.79 Å². The summed E-state index contributed by atoms with van der Waals surface area (Å²) >= 11 is 9.50. The van der Waals surface area contributed by atoms with Crippen molar-refractivity contribution in [2.45, 2.75) is 13.0 Å². The molecule has 2 aromatic rings. The number of nitrogens with one attached hydrogen (secondary N) is 3.